The predicted molar refractivity (Wildman–Crippen MR) is 132 cm³/mol. The first-order chi connectivity index (χ1) is 16.5. The maximum atomic E-state index is 12.8. The molecule has 4 N–H and O–H groups in total. The first-order valence-corrected chi connectivity index (χ1v) is 11.8. The minimum Gasteiger partial charge on any atom is -0.480 e. The van der Waals surface area contributed by atoms with E-state index >= 15 is 0 Å². The molecule has 3 rings (SSSR count). The third-order valence-corrected chi connectivity index (χ3v) is 6.18. The van der Waals surface area contributed by atoms with Crippen molar-refractivity contribution in [2.24, 2.45) is 5.41 Å². The summed E-state index contributed by atoms with van der Waals surface area (Å²) in [6.45, 7) is 7.39. The van der Waals surface area contributed by atoms with Crippen LogP contribution in [0.4, 0.5) is 4.79 Å². The van der Waals surface area contributed by atoms with Gasteiger partial charge in [-0.25, -0.2) is 9.59 Å². The van der Waals surface area contributed by atoms with Crippen molar-refractivity contribution in [3.63, 3.8) is 0 Å². The minimum atomic E-state index is -1.48. The quantitative estimate of drug-likeness (QED) is 0.432. The average molecular weight is 483 g/mol. The average Bonchev–Trinajstić information content (AvgIpc) is 3.11. The molecule has 8 heteroatoms. The van der Waals surface area contributed by atoms with E-state index in [9.17, 15) is 24.6 Å². The fourth-order valence-electron chi connectivity index (χ4n) is 4.27. The van der Waals surface area contributed by atoms with Crippen molar-refractivity contribution >= 4 is 18.0 Å². The molecule has 1 aliphatic rings. The number of carbonyl (C=O) groups excluding carboxylic acids is 2. The number of aliphatic hydroxyl groups is 1. The van der Waals surface area contributed by atoms with Crippen molar-refractivity contribution in [1.29, 1.82) is 0 Å². The van der Waals surface area contributed by atoms with E-state index < -0.39 is 36.2 Å². The number of aliphatic hydroxyl groups excluding tert-OH is 1. The van der Waals surface area contributed by atoms with Gasteiger partial charge in [0.05, 0.1) is 6.10 Å². The van der Waals surface area contributed by atoms with Crippen LogP contribution in [0.2, 0.25) is 0 Å². The van der Waals surface area contributed by atoms with Crippen LogP contribution in [0.5, 0.6) is 0 Å². The number of carboxylic acid groups (broad SMARTS) is 1. The molecule has 0 radical (unpaired) electrons. The molecule has 2 amide bonds. The summed E-state index contributed by atoms with van der Waals surface area (Å²) < 4.78 is 5.56. The number of alkyl carbamates (subject to hydrolysis) is 1. The fourth-order valence-corrected chi connectivity index (χ4v) is 4.27. The van der Waals surface area contributed by atoms with E-state index in [4.69, 9.17) is 4.74 Å². The van der Waals surface area contributed by atoms with E-state index in [0.29, 0.717) is 6.42 Å². The lowest BCUT2D eigenvalue weighted by atomic mass is 9.88. The Labute approximate surface area is 205 Å². The monoisotopic (exact) mass is 482 g/mol. The van der Waals surface area contributed by atoms with Crippen molar-refractivity contribution in [1.82, 2.24) is 10.6 Å². The molecular weight excluding hydrogens is 448 g/mol. The summed E-state index contributed by atoms with van der Waals surface area (Å²) >= 11 is 0. The molecule has 0 aromatic heterocycles. The van der Waals surface area contributed by atoms with Crippen LogP contribution in [-0.2, 0) is 14.3 Å². The van der Waals surface area contributed by atoms with Gasteiger partial charge in [0, 0.05) is 5.92 Å². The van der Waals surface area contributed by atoms with E-state index in [2.05, 4.69) is 10.6 Å². The second kappa shape index (κ2) is 10.9. The summed E-state index contributed by atoms with van der Waals surface area (Å²) in [5, 5.41) is 23.9. The van der Waals surface area contributed by atoms with Crippen LogP contribution in [0.1, 0.15) is 57.6 Å². The number of nitrogens with one attached hydrogen (secondary N) is 2. The normalized spacial score (nSPS) is 15.3. The van der Waals surface area contributed by atoms with Gasteiger partial charge in [0.1, 0.15) is 12.6 Å². The molecule has 2 aromatic rings. The van der Waals surface area contributed by atoms with E-state index in [1.807, 2.05) is 69.3 Å². The topological polar surface area (TPSA) is 125 Å². The Hall–Kier alpha value is -3.39. The highest BCUT2D eigenvalue weighted by molar-refractivity contribution is 5.89. The number of carbonyl (C=O) groups is 3. The van der Waals surface area contributed by atoms with Crippen LogP contribution < -0.4 is 10.6 Å². The van der Waals surface area contributed by atoms with Gasteiger partial charge in [0.2, 0.25) is 5.91 Å². The first kappa shape index (κ1) is 26.2. The maximum Gasteiger partial charge on any atom is 0.407 e. The number of benzene rings is 2. The molecule has 0 saturated heterocycles. The molecule has 0 bridgehead atoms. The number of fused-ring (bicyclic) bond motifs is 3. The number of amides is 2. The molecule has 2 aromatic carbocycles. The first-order valence-electron chi connectivity index (χ1n) is 11.8. The van der Waals surface area contributed by atoms with Crippen molar-refractivity contribution < 1.29 is 29.3 Å². The lowest BCUT2D eigenvalue weighted by Crippen LogP contribution is -2.55. The summed E-state index contributed by atoms with van der Waals surface area (Å²) in [6, 6.07) is 13.5. The summed E-state index contributed by atoms with van der Waals surface area (Å²) in [4.78, 5) is 37.0. The smallest absolute Gasteiger partial charge is 0.407 e. The number of hydrogen-bond donors (Lipinski definition) is 4. The zero-order chi connectivity index (χ0) is 25.8. The molecule has 0 heterocycles. The zero-order valence-electron chi connectivity index (χ0n) is 20.6. The Morgan fingerprint density at radius 2 is 1.51 bits per heavy atom. The van der Waals surface area contributed by atoms with Gasteiger partial charge in [0.15, 0.2) is 6.04 Å². The molecule has 35 heavy (non-hydrogen) atoms. The van der Waals surface area contributed by atoms with Gasteiger partial charge in [-0.05, 0) is 47.4 Å². The molecule has 3 unspecified atom stereocenters. The summed E-state index contributed by atoms with van der Waals surface area (Å²) in [5.74, 6) is -2.17. The highest BCUT2D eigenvalue weighted by atomic mass is 16.5. The fraction of sp³-hybridized carbons (Fsp3) is 0.444. The summed E-state index contributed by atoms with van der Waals surface area (Å²) in [6.07, 6.45) is -1.17. The van der Waals surface area contributed by atoms with Crippen LogP contribution >= 0.6 is 0 Å². The summed E-state index contributed by atoms with van der Waals surface area (Å²) in [5.41, 5.74) is 4.25. The van der Waals surface area contributed by atoms with Crippen LogP contribution in [0.3, 0.4) is 0 Å². The number of carboxylic acids is 1. The van der Waals surface area contributed by atoms with Gasteiger partial charge in [-0.1, -0.05) is 69.3 Å². The van der Waals surface area contributed by atoms with E-state index in [0.717, 1.165) is 22.3 Å². The minimum absolute atomic E-state index is 0.0961. The van der Waals surface area contributed by atoms with Gasteiger partial charge in [-0.2, -0.15) is 0 Å². The Kier molecular flexibility index (Phi) is 8.17. The Morgan fingerprint density at radius 1 is 0.971 bits per heavy atom. The third kappa shape index (κ3) is 6.60. The predicted octanol–water partition coefficient (Wildman–Crippen LogP) is 3.67. The lowest BCUT2D eigenvalue weighted by Gasteiger charge is -2.25. The molecule has 0 spiro atoms. The zero-order valence-corrected chi connectivity index (χ0v) is 20.6. The van der Waals surface area contributed by atoms with Gasteiger partial charge in [-0.3, -0.25) is 4.79 Å². The molecule has 0 aliphatic heterocycles. The Morgan fingerprint density at radius 3 is 2.00 bits per heavy atom. The van der Waals surface area contributed by atoms with Crippen molar-refractivity contribution in [3.05, 3.63) is 59.7 Å². The maximum absolute atomic E-state index is 12.8. The molecule has 0 saturated carbocycles. The number of hydrogen-bond acceptors (Lipinski definition) is 5. The van der Waals surface area contributed by atoms with Crippen LogP contribution in [0.15, 0.2) is 48.5 Å². The van der Waals surface area contributed by atoms with E-state index in [-0.39, 0.29) is 24.4 Å². The third-order valence-electron chi connectivity index (χ3n) is 6.18. The van der Waals surface area contributed by atoms with Gasteiger partial charge < -0.3 is 25.6 Å². The molecule has 1 aliphatic carbocycles. The molecule has 0 fully saturated rings. The van der Waals surface area contributed by atoms with E-state index in [1.54, 1.807) is 0 Å². The number of ether oxygens (including phenoxy) is 1. The number of rotatable bonds is 9. The largest absolute Gasteiger partial charge is 0.480 e. The standard InChI is InChI=1S/C27H34N2O6/c1-16(30)23(25(32)33)29-24(31)22(13-14-27(2,3)4)28-26(34)35-15-21-19-11-7-5-9-17(19)18-10-6-8-12-20(18)21/h5-12,16,21-23,30H,13-15H2,1-4H3,(H,28,34)(H,29,31)(H,32,33). The second-order valence-corrected chi connectivity index (χ2v) is 10.2. The van der Waals surface area contributed by atoms with Crippen LogP contribution in [0, 0.1) is 5.41 Å². The Bertz CT molecular complexity index is 1030. The SMILES string of the molecule is CC(O)C(NC(=O)C(CCC(C)(C)C)NC(=O)OCC1c2ccccc2-c2ccccc21)C(=O)O. The molecule has 8 nitrogen and oxygen atoms in total. The van der Waals surface area contributed by atoms with E-state index in [1.165, 1.54) is 6.92 Å². The van der Waals surface area contributed by atoms with Crippen molar-refractivity contribution in [3.8, 4) is 11.1 Å². The van der Waals surface area contributed by atoms with Gasteiger partial charge in [0.25, 0.3) is 0 Å². The molecule has 3 atom stereocenters. The molecule has 188 valence electrons. The number of aliphatic carboxylic acids is 1. The highest BCUT2D eigenvalue weighted by Gasteiger charge is 2.32. The second-order valence-electron chi connectivity index (χ2n) is 10.2. The Balaban J connectivity index is 1.69. The van der Waals surface area contributed by atoms with Crippen LogP contribution in [-0.4, -0.2) is 53.0 Å². The van der Waals surface area contributed by atoms with Crippen LogP contribution in [0.25, 0.3) is 11.1 Å². The van der Waals surface area contributed by atoms with Gasteiger partial charge in [-0.15, -0.1) is 0 Å². The van der Waals surface area contributed by atoms with Crippen molar-refractivity contribution in [2.45, 2.75) is 64.6 Å². The summed E-state index contributed by atoms with van der Waals surface area (Å²) in [7, 11) is 0. The van der Waals surface area contributed by atoms with Gasteiger partial charge >= 0.3 is 12.1 Å². The molecular formula is C27H34N2O6. The van der Waals surface area contributed by atoms with Crippen molar-refractivity contribution in [2.75, 3.05) is 6.61 Å². The highest BCUT2D eigenvalue weighted by Crippen LogP contribution is 2.44. The lowest BCUT2D eigenvalue weighted by molar-refractivity contribution is -0.145.